The van der Waals surface area contributed by atoms with Crippen LogP contribution in [0.1, 0.15) is 74.6 Å². The molecule has 1 saturated carbocycles. The first kappa shape index (κ1) is 22.9. The average molecular weight is 450 g/mol. The summed E-state index contributed by atoms with van der Waals surface area (Å²) in [5.74, 6) is -0.589. The van der Waals surface area contributed by atoms with Gasteiger partial charge in [0.2, 0.25) is 0 Å². The zero-order valence-corrected chi connectivity index (χ0v) is 19.4. The number of ketones is 1. The van der Waals surface area contributed by atoms with Gasteiger partial charge in [-0.3, -0.25) is 9.59 Å². The second kappa shape index (κ2) is 9.30. The molecule has 0 radical (unpaired) electrons. The minimum Gasteiger partial charge on any atom is -0.508 e. The van der Waals surface area contributed by atoms with Gasteiger partial charge < -0.3 is 19.8 Å². The van der Waals surface area contributed by atoms with Gasteiger partial charge in [0.05, 0.1) is 18.7 Å². The number of phenols is 1. The van der Waals surface area contributed by atoms with E-state index in [4.69, 9.17) is 4.74 Å². The molecular weight excluding hydrogens is 418 g/mol. The SMILES string of the molecule is COc1ccc(/C(O)=C2/C(=O)C(=O)N(C3CCCCC3)C2c2cccc(O)c2)cc1C(C)C. The van der Waals surface area contributed by atoms with Crippen LogP contribution in [0.2, 0.25) is 0 Å². The molecule has 1 aliphatic carbocycles. The zero-order chi connectivity index (χ0) is 23.7. The molecule has 0 bridgehead atoms. The van der Waals surface area contributed by atoms with Crippen molar-refractivity contribution in [2.75, 3.05) is 7.11 Å². The Bertz CT molecular complexity index is 1100. The third-order valence-electron chi connectivity index (χ3n) is 6.76. The highest BCUT2D eigenvalue weighted by Crippen LogP contribution is 2.44. The van der Waals surface area contributed by atoms with Gasteiger partial charge in [-0.25, -0.2) is 0 Å². The number of carbonyl (C=O) groups excluding carboxylic acids is 2. The molecule has 1 aliphatic heterocycles. The number of aliphatic hydroxyl groups is 1. The summed E-state index contributed by atoms with van der Waals surface area (Å²) < 4.78 is 5.45. The number of likely N-dealkylation sites (tertiary alicyclic amines) is 1. The van der Waals surface area contributed by atoms with E-state index in [0.29, 0.717) is 16.9 Å². The lowest BCUT2D eigenvalue weighted by Crippen LogP contribution is -2.40. The summed E-state index contributed by atoms with van der Waals surface area (Å²) in [6.45, 7) is 4.05. The topological polar surface area (TPSA) is 87.1 Å². The van der Waals surface area contributed by atoms with Crippen molar-refractivity contribution in [3.05, 3.63) is 64.7 Å². The molecule has 0 aromatic heterocycles. The minimum absolute atomic E-state index is 0.0493. The van der Waals surface area contributed by atoms with Crippen LogP contribution < -0.4 is 4.74 Å². The number of methoxy groups -OCH3 is 1. The van der Waals surface area contributed by atoms with Gasteiger partial charge in [0, 0.05) is 11.6 Å². The van der Waals surface area contributed by atoms with E-state index in [9.17, 15) is 19.8 Å². The van der Waals surface area contributed by atoms with E-state index in [1.807, 2.05) is 19.9 Å². The summed E-state index contributed by atoms with van der Waals surface area (Å²) in [7, 11) is 1.60. The summed E-state index contributed by atoms with van der Waals surface area (Å²) >= 11 is 0. The fourth-order valence-electron chi connectivity index (χ4n) is 5.10. The number of carbonyl (C=O) groups is 2. The van der Waals surface area contributed by atoms with Gasteiger partial charge in [-0.2, -0.15) is 0 Å². The molecule has 2 N–H and O–H groups in total. The van der Waals surface area contributed by atoms with Crippen molar-refractivity contribution in [2.45, 2.75) is 64.0 Å². The number of ether oxygens (including phenoxy) is 1. The number of benzene rings is 2. The van der Waals surface area contributed by atoms with Crippen LogP contribution in [0.4, 0.5) is 0 Å². The molecule has 2 aromatic rings. The minimum atomic E-state index is -0.746. The molecule has 1 heterocycles. The quantitative estimate of drug-likeness (QED) is 0.368. The molecule has 6 nitrogen and oxygen atoms in total. The van der Waals surface area contributed by atoms with Crippen molar-refractivity contribution >= 4 is 17.4 Å². The molecule has 2 aliphatic rings. The largest absolute Gasteiger partial charge is 0.508 e. The van der Waals surface area contributed by atoms with Gasteiger partial charge in [-0.05, 0) is 60.2 Å². The Kier molecular flexibility index (Phi) is 6.45. The van der Waals surface area contributed by atoms with Crippen LogP contribution in [0.5, 0.6) is 11.5 Å². The highest BCUT2D eigenvalue weighted by molar-refractivity contribution is 6.46. The number of aliphatic hydroxyl groups excluding tert-OH is 1. The predicted molar refractivity (Wildman–Crippen MR) is 126 cm³/mol. The first-order valence-corrected chi connectivity index (χ1v) is 11.6. The van der Waals surface area contributed by atoms with E-state index >= 15 is 0 Å². The van der Waals surface area contributed by atoms with Gasteiger partial charge in [-0.1, -0.05) is 45.2 Å². The molecular formula is C27H31NO5. The Balaban J connectivity index is 1.89. The Hall–Kier alpha value is -3.28. The molecule has 0 spiro atoms. The lowest BCUT2D eigenvalue weighted by molar-refractivity contribution is -0.141. The molecule has 4 rings (SSSR count). The maximum Gasteiger partial charge on any atom is 0.295 e. The molecule has 2 aromatic carbocycles. The van der Waals surface area contributed by atoms with Crippen molar-refractivity contribution in [2.24, 2.45) is 0 Å². The Labute approximate surface area is 194 Å². The third kappa shape index (κ3) is 4.22. The van der Waals surface area contributed by atoms with Crippen molar-refractivity contribution in [3.63, 3.8) is 0 Å². The number of Topliss-reactive ketones (excluding diaryl/α,β-unsaturated/α-hetero) is 1. The molecule has 33 heavy (non-hydrogen) atoms. The Morgan fingerprint density at radius 1 is 1.06 bits per heavy atom. The van der Waals surface area contributed by atoms with Crippen molar-refractivity contribution < 1.29 is 24.5 Å². The van der Waals surface area contributed by atoms with E-state index in [1.165, 1.54) is 0 Å². The Morgan fingerprint density at radius 3 is 2.42 bits per heavy atom. The van der Waals surface area contributed by atoms with E-state index in [0.717, 1.165) is 37.7 Å². The van der Waals surface area contributed by atoms with E-state index < -0.39 is 17.7 Å². The normalized spacial score (nSPS) is 21.1. The molecule has 2 fully saturated rings. The standard InChI is InChI=1S/C27H31NO5/c1-16(2)21-15-18(12-13-22(21)33-3)25(30)23-24(17-8-7-11-20(29)14-17)28(27(32)26(23)31)19-9-5-4-6-10-19/h7-8,11-16,19,24,29-30H,4-6,9-10H2,1-3H3/b25-23-. The fourth-order valence-corrected chi connectivity index (χ4v) is 5.10. The lowest BCUT2D eigenvalue weighted by atomic mass is 9.90. The molecule has 1 atom stereocenters. The van der Waals surface area contributed by atoms with E-state index in [2.05, 4.69) is 0 Å². The second-order valence-electron chi connectivity index (χ2n) is 9.20. The zero-order valence-electron chi connectivity index (χ0n) is 19.4. The van der Waals surface area contributed by atoms with Gasteiger partial charge in [0.25, 0.3) is 11.7 Å². The maximum absolute atomic E-state index is 13.3. The van der Waals surface area contributed by atoms with Crippen LogP contribution in [-0.2, 0) is 9.59 Å². The van der Waals surface area contributed by atoms with Gasteiger partial charge >= 0.3 is 0 Å². The van der Waals surface area contributed by atoms with Crippen LogP contribution >= 0.6 is 0 Å². The number of nitrogens with zero attached hydrogens (tertiary/aromatic N) is 1. The molecule has 1 amide bonds. The molecule has 174 valence electrons. The summed E-state index contributed by atoms with van der Waals surface area (Å²) in [4.78, 5) is 28.2. The lowest BCUT2D eigenvalue weighted by Gasteiger charge is -2.35. The molecule has 1 unspecified atom stereocenters. The number of aromatic hydroxyl groups is 1. The number of amides is 1. The smallest absolute Gasteiger partial charge is 0.295 e. The van der Waals surface area contributed by atoms with Gasteiger partial charge in [0.1, 0.15) is 17.3 Å². The summed E-state index contributed by atoms with van der Waals surface area (Å²) in [6, 6.07) is 11.1. The number of hydrogen-bond acceptors (Lipinski definition) is 5. The van der Waals surface area contributed by atoms with Crippen LogP contribution in [0, 0.1) is 0 Å². The number of rotatable bonds is 5. The van der Waals surface area contributed by atoms with Gasteiger partial charge in [-0.15, -0.1) is 0 Å². The molecule has 6 heteroatoms. The summed E-state index contributed by atoms with van der Waals surface area (Å²) in [5, 5.41) is 21.5. The fraction of sp³-hybridized carbons (Fsp3) is 0.407. The summed E-state index contributed by atoms with van der Waals surface area (Å²) in [5.41, 5.74) is 2.04. The van der Waals surface area contributed by atoms with Gasteiger partial charge in [0.15, 0.2) is 0 Å². The molecule has 1 saturated heterocycles. The predicted octanol–water partition coefficient (Wildman–Crippen LogP) is 5.28. The van der Waals surface area contributed by atoms with E-state index in [-0.39, 0.29) is 29.0 Å². The highest BCUT2D eigenvalue weighted by Gasteiger charge is 2.49. The highest BCUT2D eigenvalue weighted by atomic mass is 16.5. The van der Waals surface area contributed by atoms with Crippen LogP contribution in [-0.4, -0.2) is 40.0 Å². The van der Waals surface area contributed by atoms with Crippen LogP contribution in [0.25, 0.3) is 5.76 Å². The van der Waals surface area contributed by atoms with E-state index in [1.54, 1.807) is 48.4 Å². The summed E-state index contributed by atoms with van der Waals surface area (Å²) in [6.07, 6.45) is 4.75. The Morgan fingerprint density at radius 2 is 1.79 bits per heavy atom. The van der Waals surface area contributed by atoms with Crippen molar-refractivity contribution in [1.29, 1.82) is 0 Å². The number of hydrogen-bond donors (Lipinski definition) is 2. The van der Waals surface area contributed by atoms with Crippen molar-refractivity contribution in [1.82, 2.24) is 4.90 Å². The number of phenolic OH excluding ortho intramolecular Hbond substituents is 1. The monoisotopic (exact) mass is 449 g/mol. The van der Waals surface area contributed by atoms with Crippen LogP contribution in [0.3, 0.4) is 0 Å². The van der Waals surface area contributed by atoms with Crippen molar-refractivity contribution in [3.8, 4) is 11.5 Å². The first-order chi connectivity index (χ1) is 15.8. The first-order valence-electron chi connectivity index (χ1n) is 11.6. The third-order valence-corrected chi connectivity index (χ3v) is 6.76. The maximum atomic E-state index is 13.3. The second-order valence-corrected chi connectivity index (χ2v) is 9.20. The average Bonchev–Trinajstić information content (AvgIpc) is 3.09. The van der Waals surface area contributed by atoms with Crippen LogP contribution in [0.15, 0.2) is 48.0 Å².